The maximum absolute atomic E-state index is 11.9. The molecule has 4 N–H and O–H groups in total. The van der Waals surface area contributed by atoms with Crippen LogP contribution in [-0.2, 0) is 4.79 Å². The Morgan fingerprint density at radius 1 is 1.56 bits per heavy atom. The van der Waals surface area contributed by atoms with E-state index in [-0.39, 0.29) is 11.8 Å². The van der Waals surface area contributed by atoms with Gasteiger partial charge in [-0.2, -0.15) is 0 Å². The minimum absolute atomic E-state index is 0.0534. The summed E-state index contributed by atoms with van der Waals surface area (Å²) in [7, 11) is 0. The highest BCUT2D eigenvalue weighted by Gasteiger charge is 2.32. The predicted molar refractivity (Wildman–Crippen MR) is 63.8 cm³/mol. The molecule has 0 bridgehead atoms. The van der Waals surface area contributed by atoms with Crippen LogP contribution in [0, 0.1) is 11.8 Å². The number of carbonyl (C=O) groups is 1. The van der Waals surface area contributed by atoms with Crippen LogP contribution in [0.25, 0.3) is 0 Å². The molecule has 1 rings (SSSR count). The third-order valence-corrected chi connectivity index (χ3v) is 3.70. The molecule has 3 atom stereocenters. The normalized spacial score (nSPS) is 28.8. The van der Waals surface area contributed by atoms with Crippen molar-refractivity contribution in [2.45, 2.75) is 45.1 Å². The maximum Gasteiger partial charge on any atom is 0.223 e. The number of hydrogen-bond acceptors (Lipinski definition) is 3. The first-order valence-corrected chi connectivity index (χ1v) is 6.20. The quantitative estimate of drug-likeness (QED) is 0.646. The summed E-state index contributed by atoms with van der Waals surface area (Å²) in [6, 6.07) is 0. The van der Waals surface area contributed by atoms with E-state index in [1.165, 1.54) is 0 Å². The van der Waals surface area contributed by atoms with Gasteiger partial charge in [-0.05, 0) is 38.6 Å². The standard InChI is InChI=1S/C12H24N2O2/c1-3-12(2,16)8-14-11(15)10-6-4-5-9(10)7-13/h9-10,16H,3-8,13H2,1-2H3,(H,14,15). The van der Waals surface area contributed by atoms with Gasteiger partial charge in [0.25, 0.3) is 0 Å². The SMILES string of the molecule is CCC(C)(O)CNC(=O)C1CCCC1CN. The lowest BCUT2D eigenvalue weighted by Crippen LogP contribution is -2.43. The van der Waals surface area contributed by atoms with Gasteiger partial charge in [-0.25, -0.2) is 0 Å². The van der Waals surface area contributed by atoms with Crippen molar-refractivity contribution in [3.8, 4) is 0 Å². The molecule has 0 aromatic carbocycles. The Morgan fingerprint density at radius 3 is 2.81 bits per heavy atom. The molecule has 4 nitrogen and oxygen atoms in total. The van der Waals surface area contributed by atoms with E-state index in [1.54, 1.807) is 6.92 Å². The summed E-state index contributed by atoms with van der Waals surface area (Å²) >= 11 is 0. The minimum Gasteiger partial charge on any atom is -0.388 e. The molecule has 1 aliphatic rings. The predicted octanol–water partition coefficient (Wildman–Crippen LogP) is 0.639. The van der Waals surface area contributed by atoms with Gasteiger partial charge in [-0.3, -0.25) is 4.79 Å². The number of hydrogen-bond donors (Lipinski definition) is 3. The first-order chi connectivity index (χ1) is 7.50. The molecule has 0 saturated heterocycles. The molecule has 16 heavy (non-hydrogen) atoms. The van der Waals surface area contributed by atoms with Crippen LogP contribution in [0.5, 0.6) is 0 Å². The van der Waals surface area contributed by atoms with Crippen molar-refractivity contribution >= 4 is 5.91 Å². The highest BCUT2D eigenvalue weighted by Crippen LogP contribution is 2.30. The molecule has 0 radical (unpaired) electrons. The van der Waals surface area contributed by atoms with Gasteiger partial charge in [0.1, 0.15) is 0 Å². The fourth-order valence-corrected chi connectivity index (χ4v) is 2.20. The summed E-state index contributed by atoms with van der Waals surface area (Å²) in [5.74, 6) is 0.436. The zero-order valence-electron chi connectivity index (χ0n) is 10.3. The van der Waals surface area contributed by atoms with E-state index in [9.17, 15) is 9.90 Å². The molecule has 0 aromatic heterocycles. The Morgan fingerprint density at radius 2 is 2.25 bits per heavy atom. The fraction of sp³-hybridized carbons (Fsp3) is 0.917. The summed E-state index contributed by atoms with van der Waals surface area (Å²) in [4.78, 5) is 11.9. The van der Waals surface area contributed by atoms with Gasteiger partial charge < -0.3 is 16.2 Å². The second-order valence-electron chi connectivity index (χ2n) is 5.10. The molecule has 0 heterocycles. The van der Waals surface area contributed by atoms with Gasteiger partial charge in [0, 0.05) is 12.5 Å². The third kappa shape index (κ3) is 3.46. The molecule has 0 aliphatic heterocycles. The van der Waals surface area contributed by atoms with E-state index < -0.39 is 5.60 Å². The number of aliphatic hydroxyl groups is 1. The van der Waals surface area contributed by atoms with Gasteiger partial charge >= 0.3 is 0 Å². The molecular formula is C12H24N2O2. The molecular weight excluding hydrogens is 204 g/mol. The molecule has 1 amide bonds. The summed E-state index contributed by atoms with van der Waals surface area (Å²) < 4.78 is 0. The first-order valence-electron chi connectivity index (χ1n) is 6.20. The van der Waals surface area contributed by atoms with E-state index in [0.717, 1.165) is 19.3 Å². The molecule has 0 spiro atoms. The molecule has 1 aliphatic carbocycles. The van der Waals surface area contributed by atoms with Crippen molar-refractivity contribution in [2.24, 2.45) is 17.6 Å². The molecule has 0 aromatic rings. The van der Waals surface area contributed by atoms with E-state index in [2.05, 4.69) is 5.32 Å². The Balaban J connectivity index is 2.40. The Hall–Kier alpha value is -0.610. The average molecular weight is 228 g/mol. The summed E-state index contributed by atoms with van der Waals surface area (Å²) in [6.45, 7) is 4.56. The van der Waals surface area contributed by atoms with Crippen LogP contribution in [0.2, 0.25) is 0 Å². The van der Waals surface area contributed by atoms with E-state index in [1.807, 2.05) is 6.92 Å². The third-order valence-electron chi connectivity index (χ3n) is 3.70. The fourth-order valence-electron chi connectivity index (χ4n) is 2.20. The monoisotopic (exact) mass is 228 g/mol. The van der Waals surface area contributed by atoms with Crippen LogP contribution in [0.1, 0.15) is 39.5 Å². The largest absolute Gasteiger partial charge is 0.388 e. The van der Waals surface area contributed by atoms with Crippen molar-refractivity contribution < 1.29 is 9.90 Å². The van der Waals surface area contributed by atoms with Crippen LogP contribution in [-0.4, -0.2) is 29.7 Å². The average Bonchev–Trinajstić information content (AvgIpc) is 2.74. The minimum atomic E-state index is -0.799. The van der Waals surface area contributed by atoms with Gasteiger partial charge in [0.05, 0.1) is 5.60 Å². The molecule has 4 heteroatoms. The summed E-state index contributed by atoms with van der Waals surface area (Å²) in [6.07, 6.45) is 3.71. The van der Waals surface area contributed by atoms with Crippen molar-refractivity contribution in [3.05, 3.63) is 0 Å². The highest BCUT2D eigenvalue weighted by molar-refractivity contribution is 5.79. The zero-order chi connectivity index (χ0) is 12.2. The Bertz CT molecular complexity index is 241. The first kappa shape index (κ1) is 13.5. The van der Waals surface area contributed by atoms with Crippen molar-refractivity contribution in [1.29, 1.82) is 0 Å². The van der Waals surface area contributed by atoms with Crippen LogP contribution in [0.4, 0.5) is 0 Å². The van der Waals surface area contributed by atoms with Crippen molar-refractivity contribution in [1.82, 2.24) is 5.32 Å². The lowest BCUT2D eigenvalue weighted by atomic mass is 9.95. The second kappa shape index (κ2) is 5.64. The van der Waals surface area contributed by atoms with Crippen molar-refractivity contribution in [3.63, 3.8) is 0 Å². The number of rotatable bonds is 5. The van der Waals surface area contributed by atoms with Crippen LogP contribution in [0.3, 0.4) is 0 Å². The molecule has 3 unspecified atom stereocenters. The topological polar surface area (TPSA) is 75.3 Å². The lowest BCUT2D eigenvalue weighted by molar-refractivity contribution is -0.127. The van der Waals surface area contributed by atoms with E-state index in [4.69, 9.17) is 5.73 Å². The summed E-state index contributed by atoms with van der Waals surface area (Å²) in [5, 5.41) is 12.6. The summed E-state index contributed by atoms with van der Waals surface area (Å²) in [5.41, 5.74) is 4.84. The van der Waals surface area contributed by atoms with E-state index in [0.29, 0.717) is 25.4 Å². The van der Waals surface area contributed by atoms with Gasteiger partial charge in [-0.1, -0.05) is 13.3 Å². The lowest BCUT2D eigenvalue weighted by Gasteiger charge is -2.24. The van der Waals surface area contributed by atoms with Crippen molar-refractivity contribution in [2.75, 3.05) is 13.1 Å². The highest BCUT2D eigenvalue weighted by atomic mass is 16.3. The molecule has 1 saturated carbocycles. The van der Waals surface area contributed by atoms with Crippen LogP contribution >= 0.6 is 0 Å². The smallest absolute Gasteiger partial charge is 0.223 e. The van der Waals surface area contributed by atoms with Gasteiger partial charge in [0.15, 0.2) is 0 Å². The molecule has 1 fully saturated rings. The van der Waals surface area contributed by atoms with Gasteiger partial charge in [0.2, 0.25) is 5.91 Å². The van der Waals surface area contributed by atoms with Gasteiger partial charge in [-0.15, -0.1) is 0 Å². The number of amides is 1. The van der Waals surface area contributed by atoms with Crippen LogP contribution in [0.15, 0.2) is 0 Å². The second-order valence-corrected chi connectivity index (χ2v) is 5.10. The molecule has 94 valence electrons. The zero-order valence-corrected chi connectivity index (χ0v) is 10.3. The Labute approximate surface area is 97.6 Å². The van der Waals surface area contributed by atoms with E-state index >= 15 is 0 Å². The van der Waals surface area contributed by atoms with Crippen LogP contribution < -0.4 is 11.1 Å². The Kier molecular flexibility index (Phi) is 4.74. The number of nitrogens with one attached hydrogen (secondary N) is 1. The number of nitrogens with two attached hydrogens (primary N) is 1. The maximum atomic E-state index is 11.9. The number of carbonyl (C=O) groups excluding carboxylic acids is 1.